The quantitative estimate of drug-likeness (QED) is 0.324. The van der Waals surface area contributed by atoms with Gasteiger partial charge in [0.2, 0.25) is 4.96 Å². The lowest BCUT2D eigenvalue weighted by Crippen LogP contribution is -2.23. The topological polar surface area (TPSA) is 75.0 Å². The van der Waals surface area contributed by atoms with Crippen molar-refractivity contribution in [3.63, 3.8) is 0 Å². The largest absolute Gasteiger partial charge is 0.494 e. The van der Waals surface area contributed by atoms with Crippen LogP contribution in [0, 0.1) is 0 Å². The first-order valence-electron chi connectivity index (χ1n) is 11.1. The van der Waals surface area contributed by atoms with E-state index in [4.69, 9.17) is 14.2 Å². The summed E-state index contributed by atoms with van der Waals surface area (Å²) in [5.41, 5.74) is 1.48. The molecule has 8 heteroatoms. The highest BCUT2D eigenvalue weighted by atomic mass is 32.1. The van der Waals surface area contributed by atoms with Gasteiger partial charge in [0.15, 0.2) is 17.3 Å². The lowest BCUT2D eigenvalue weighted by atomic mass is 10.2. The number of methoxy groups -OCH3 is 1. The zero-order valence-electron chi connectivity index (χ0n) is 19.0. The highest BCUT2D eigenvalue weighted by molar-refractivity contribution is 7.15. The van der Waals surface area contributed by atoms with E-state index in [2.05, 4.69) is 17.0 Å². The SMILES string of the molecule is CCCCCOc1ccc(-c2nc3s/c(=C\c4ccc(OCC)c(OC)c4)c(=O)n3n2)cc1. The van der Waals surface area contributed by atoms with Crippen molar-refractivity contribution in [1.82, 2.24) is 14.6 Å². The summed E-state index contributed by atoms with van der Waals surface area (Å²) >= 11 is 1.31. The van der Waals surface area contributed by atoms with Gasteiger partial charge in [0.05, 0.1) is 24.9 Å². The van der Waals surface area contributed by atoms with E-state index in [0.29, 0.717) is 40.0 Å². The number of rotatable bonds is 10. The average molecular weight is 466 g/mol. The van der Waals surface area contributed by atoms with Crippen LogP contribution in [0.15, 0.2) is 47.3 Å². The lowest BCUT2D eigenvalue weighted by Gasteiger charge is -2.09. The molecule has 0 spiro atoms. The highest BCUT2D eigenvalue weighted by Crippen LogP contribution is 2.28. The van der Waals surface area contributed by atoms with Gasteiger partial charge in [-0.05, 0) is 61.4 Å². The Morgan fingerprint density at radius 3 is 2.55 bits per heavy atom. The molecule has 0 unspecified atom stereocenters. The molecule has 4 rings (SSSR count). The zero-order valence-corrected chi connectivity index (χ0v) is 19.9. The molecular formula is C25H27N3O4S. The van der Waals surface area contributed by atoms with E-state index in [1.54, 1.807) is 7.11 Å². The number of benzene rings is 2. The maximum absolute atomic E-state index is 12.9. The van der Waals surface area contributed by atoms with Crippen LogP contribution in [0.1, 0.15) is 38.7 Å². The fraction of sp³-hybridized carbons (Fsp3) is 0.320. The van der Waals surface area contributed by atoms with Gasteiger partial charge >= 0.3 is 0 Å². The molecule has 7 nitrogen and oxygen atoms in total. The summed E-state index contributed by atoms with van der Waals surface area (Å²) < 4.78 is 18.6. The normalized spacial score (nSPS) is 11.8. The zero-order chi connectivity index (χ0) is 23.2. The van der Waals surface area contributed by atoms with Crippen molar-refractivity contribution in [3.8, 4) is 28.6 Å². The van der Waals surface area contributed by atoms with Crippen LogP contribution in [0.2, 0.25) is 0 Å². The van der Waals surface area contributed by atoms with Gasteiger partial charge in [0.1, 0.15) is 5.75 Å². The summed E-state index contributed by atoms with van der Waals surface area (Å²) in [6, 6.07) is 13.2. The van der Waals surface area contributed by atoms with Crippen LogP contribution in [0.3, 0.4) is 0 Å². The monoisotopic (exact) mass is 465 g/mol. The van der Waals surface area contributed by atoms with E-state index in [1.165, 1.54) is 22.3 Å². The summed E-state index contributed by atoms with van der Waals surface area (Å²) in [5.74, 6) is 2.63. The van der Waals surface area contributed by atoms with Gasteiger partial charge in [-0.3, -0.25) is 4.79 Å². The van der Waals surface area contributed by atoms with Crippen molar-refractivity contribution in [2.75, 3.05) is 20.3 Å². The summed E-state index contributed by atoms with van der Waals surface area (Å²) in [6.45, 7) is 5.35. The second kappa shape index (κ2) is 10.5. The molecule has 2 aromatic carbocycles. The van der Waals surface area contributed by atoms with Gasteiger partial charge in [0, 0.05) is 5.56 Å². The fourth-order valence-electron chi connectivity index (χ4n) is 3.40. The molecule has 172 valence electrons. The number of fused-ring (bicyclic) bond motifs is 1. The standard InChI is InChI=1S/C25H27N3O4S/c1-4-6-7-14-32-19-11-9-18(10-12-19)23-26-25-28(27-23)24(29)22(33-25)16-17-8-13-20(31-5-2)21(15-17)30-3/h8-13,15-16H,4-7,14H2,1-3H3/b22-16-. The number of nitrogens with zero attached hydrogens (tertiary/aromatic N) is 3. The van der Waals surface area contributed by atoms with Gasteiger partial charge in [-0.1, -0.05) is 37.2 Å². The molecule has 0 N–H and O–H groups in total. The van der Waals surface area contributed by atoms with E-state index < -0.39 is 0 Å². The Labute approximate surface area is 196 Å². The number of thiazole rings is 1. The van der Waals surface area contributed by atoms with Crippen molar-refractivity contribution in [2.45, 2.75) is 33.1 Å². The third-order valence-electron chi connectivity index (χ3n) is 5.10. The molecule has 0 saturated carbocycles. The Balaban J connectivity index is 1.56. The Morgan fingerprint density at radius 2 is 1.85 bits per heavy atom. The van der Waals surface area contributed by atoms with Gasteiger partial charge in [-0.2, -0.15) is 9.50 Å². The second-order valence-electron chi connectivity index (χ2n) is 7.47. The Kier molecular flexibility index (Phi) is 7.24. The molecule has 0 radical (unpaired) electrons. The van der Waals surface area contributed by atoms with Crippen LogP contribution in [-0.4, -0.2) is 34.9 Å². The van der Waals surface area contributed by atoms with Crippen molar-refractivity contribution in [3.05, 3.63) is 62.9 Å². The molecule has 33 heavy (non-hydrogen) atoms. The van der Waals surface area contributed by atoms with Crippen molar-refractivity contribution in [2.24, 2.45) is 0 Å². The van der Waals surface area contributed by atoms with Gasteiger partial charge in [-0.25, -0.2) is 0 Å². The maximum Gasteiger partial charge on any atom is 0.291 e. The van der Waals surface area contributed by atoms with E-state index in [-0.39, 0.29) is 5.56 Å². The molecule has 2 aromatic heterocycles. The second-order valence-corrected chi connectivity index (χ2v) is 8.48. The number of hydrogen-bond donors (Lipinski definition) is 0. The van der Waals surface area contributed by atoms with E-state index in [9.17, 15) is 4.79 Å². The van der Waals surface area contributed by atoms with Gasteiger partial charge < -0.3 is 14.2 Å². The van der Waals surface area contributed by atoms with E-state index in [1.807, 2.05) is 55.5 Å². The molecule has 0 amide bonds. The highest BCUT2D eigenvalue weighted by Gasteiger charge is 2.13. The Bertz CT molecular complexity index is 1330. The van der Waals surface area contributed by atoms with Crippen LogP contribution in [-0.2, 0) is 0 Å². The summed E-state index contributed by atoms with van der Waals surface area (Å²) in [6.07, 6.45) is 5.19. The third-order valence-corrected chi connectivity index (χ3v) is 6.06. The molecule has 0 saturated heterocycles. The van der Waals surface area contributed by atoms with Crippen molar-refractivity contribution < 1.29 is 14.2 Å². The molecular weight excluding hydrogens is 438 g/mol. The number of hydrogen-bond acceptors (Lipinski definition) is 7. The predicted molar refractivity (Wildman–Crippen MR) is 131 cm³/mol. The number of ether oxygens (including phenoxy) is 3. The Hall–Kier alpha value is -3.39. The van der Waals surface area contributed by atoms with Crippen molar-refractivity contribution >= 4 is 22.4 Å². The first-order chi connectivity index (χ1) is 16.1. The van der Waals surface area contributed by atoms with Crippen LogP contribution in [0.25, 0.3) is 22.4 Å². The average Bonchev–Trinajstić information content (AvgIpc) is 3.37. The van der Waals surface area contributed by atoms with E-state index >= 15 is 0 Å². The third kappa shape index (κ3) is 5.17. The molecule has 0 aliphatic rings. The molecule has 0 bridgehead atoms. The van der Waals surface area contributed by atoms with Crippen LogP contribution in [0.5, 0.6) is 17.2 Å². The van der Waals surface area contributed by atoms with Crippen molar-refractivity contribution in [1.29, 1.82) is 0 Å². The maximum atomic E-state index is 12.9. The minimum absolute atomic E-state index is 0.197. The molecule has 2 heterocycles. The predicted octanol–water partition coefficient (Wildman–Crippen LogP) is 4.34. The minimum atomic E-state index is -0.197. The van der Waals surface area contributed by atoms with E-state index in [0.717, 1.165) is 29.7 Å². The molecule has 4 aromatic rings. The van der Waals surface area contributed by atoms with Gasteiger partial charge in [0.25, 0.3) is 5.56 Å². The summed E-state index contributed by atoms with van der Waals surface area (Å²) in [5, 5.41) is 4.43. The van der Waals surface area contributed by atoms with Crippen LogP contribution in [0.4, 0.5) is 0 Å². The Morgan fingerprint density at radius 1 is 1.03 bits per heavy atom. The first-order valence-corrected chi connectivity index (χ1v) is 11.9. The summed E-state index contributed by atoms with van der Waals surface area (Å²) in [7, 11) is 1.59. The van der Waals surface area contributed by atoms with Crippen LogP contribution >= 0.6 is 11.3 Å². The number of aromatic nitrogens is 3. The summed E-state index contributed by atoms with van der Waals surface area (Å²) in [4.78, 5) is 18.0. The lowest BCUT2D eigenvalue weighted by molar-refractivity contribution is 0.306. The fourth-order valence-corrected chi connectivity index (χ4v) is 4.31. The van der Waals surface area contributed by atoms with Gasteiger partial charge in [-0.15, -0.1) is 5.10 Å². The molecule has 0 aliphatic heterocycles. The minimum Gasteiger partial charge on any atom is -0.494 e. The molecule has 0 fully saturated rings. The van der Waals surface area contributed by atoms with Crippen LogP contribution < -0.4 is 24.3 Å². The molecule has 0 atom stereocenters. The first kappa shape index (κ1) is 22.8. The number of unbranched alkanes of at least 4 members (excludes halogenated alkanes) is 2. The molecule has 0 aliphatic carbocycles. The smallest absolute Gasteiger partial charge is 0.291 e.